The summed E-state index contributed by atoms with van der Waals surface area (Å²) >= 11 is 0. The molecule has 2 N–H and O–H groups in total. The van der Waals surface area contributed by atoms with Crippen LogP contribution in [0.1, 0.15) is 11.1 Å². The minimum atomic E-state index is -0.371. The predicted octanol–water partition coefficient (Wildman–Crippen LogP) is 3.06. The Labute approximate surface area is 149 Å². The van der Waals surface area contributed by atoms with Crippen molar-refractivity contribution in [2.75, 3.05) is 26.2 Å². The number of nitro benzene ring substituents is 1. The van der Waals surface area contributed by atoms with Crippen molar-refractivity contribution in [3.8, 4) is 0 Å². The van der Waals surface area contributed by atoms with E-state index in [-0.39, 0.29) is 23.0 Å². The molecule has 0 atom stereocenters. The number of halogens is 1. The Morgan fingerprint density at radius 1 is 0.875 bits per heavy atom. The number of nitrogens with two attached hydrogens (primary N) is 1. The molecule has 0 spiro atoms. The van der Waals surface area contributed by atoms with Gasteiger partial charge < -0.3 is 10.6 Å². The summed E-state index contributed by atoms with van der Waals surface area (Å²) in [6, 6.07) is 17.2. The van der Waals surface area contributed by atoms with Crippen LogP contribution in [0.5, 0.6) is 0 Å². The van der Waals surface area contributed by atoms with Crippen molar-refractivity contribution >= 4 is 18.1 Å². The van der Waals surface area contributed by atoms with E-state index in [4.69, 9.17) is 5.73 Å². The van der Waals surface area contributed by atoms with Gasteiger partial charge in [0, 0.05) is 38.3 Å². The lowest BCUT2D eigenvalue weighted by Gasteiger charge is -2.21. The van der Waals surface area contributed by atoms with E-state index >= 15 is 0 Å². The van der Waals surface area contributed by atoms with Gasteiger partial charge in [0.2, 0.25) is 0 Å². The molecule has 0 aliphatic carbocycles. The molecule has 6 heteroatoms. The highest BCUT2D eigenvalue weighted by molar-refractivity contribution is 5.85. The van der Waals surface area contributed by atoms with Crippen molar-refractivity contribution < 1.29 is 4.92 Å². The predicted molar refractivity (Wildman–Crippen MR) is 99.7 cm³/mol. The van der Waals surface area contributed by atoms with E-state index in [1.54, 1.807) is 12.1 Å². The second-order valence-corrected chi connectivity index (χ2v) is 5.54. The Morgan fingerprint density at radius 2 is 1.42 bits per heavy atom. The minimum absolute atomic E-state index is 0. The van der Waals surface area contributed by atoms with E-state index < -0.39 is 0 Å². The zero-order chi connectivity index (χ0) is 16.5. The van der Waals surface area contributed by atoms with Gasteiger partial charge in [0.15, 0.2) is 0 Å². The van der Waals surface area contributed by atoms with Gasteiger partial charge in [-0.3, -0.25) is 10.1 Å². The first-order chi connectivity index (χ1) is 11.2. The summed E-state index contributed by atoms with van der Waals surface area (Å²) in [6.07, 6.45) is 1.87. The molecule has 0 bridgehead atoms. The SMILES string of the molecule is Cl.NCCN(CCc1ccccc1)CCc1ccc([N+](=O)[O-])cc1. The molecule has 0 aliphatic heterocycles. The van der Waals surface area contributed by atoms with Gasteiger partial charge in [-0.15, -0.1) is 12.4 Å². The first-order valence-corrected chi connectivity index (χ1v) is 7.88. The Bertz CT molecular complexity index is 605. The van der Waals surface area contributed by atoms with Crippen LogP contribution in [0.4, 0.5) is 5.69 Å². The molecule has 2 aromatic rings. The fourth-order valence-corrected chi connectivity index (χ4v) is 2.52. The highest BCUT2D eigenvalue weighted by Gasteiger charge is 2.07. The zero-order valence-electron chi connectivity index (χ0n) is 13.6. The Hall–Kier alpha value is -1.95. The van der Waals surface area contributed by atoms with Gasteiger partial charge in [-0.1, -0.05) is 42.5 Å². The van der Waals surface area contributed by atoms with Gasteiger partial charge in [0.25, 0.3) is 5.69 Å². The second kappa shape index (κ2) is 10.8. The second-order valence-electron chi connectivity index (χ2n) is 5.54. The summed E-state index contributed by atoms with van der Waals surface area (Å²) in [5.41, 5.74) is 8.27. The Morgan fingerprint density at radius 3 is 1.92 bits per heavy atom. The number of non-ortho nitro benzene ring substituents is 1. The Kier molecular flexibility index (Phi) is 9.01. The molecule has 0 fully saturated rings. The number of hydrogen-bond acceptors (Lipinski definition) is 4. The molecule has 24 heavy (non-hydrogen) atoms. The molecule has 0 amide bonds. The van der Waals surface area contributed by atoms with E-state index in [0.717, 1.165) is 38.0 Å². The van der Waals surface area contributed by atoms with E-state index in [9.17, 15) is 10.1 Å². The summed E-state index contributed by atoms with van der Waals surface area (Å²) in [5, 5.41) is 10.7. The van der Waals surface area contributed by atoms with Gasteiger partial charge in [-0.05, 0) is 24.0 Å². The normalized spacial score (nSPS) is 10.4. The average Bonchev–Trinajstić information content (AvgIpc) is 2.58. The topological polar surface area (TPSA) is 72.4 Å². The molecule has 0 unspecified atom stereocenters. The molecule has 2 aromatic carbocycles. The van der Waals surface area contributed by atoms with E-state index in [1.807, 2.05) is 18.2 Å². The molecule has 0 saturated carbocycles. The van der Waals surface area contributed by atoms with Crippen LogP contribution in [-0.2, 0) is 12.8 Å². The zero-order valence-corrected chi connectivity index (χ0v) is 14.5. The molecule has 5 nitrogen and oxygen atoms in total. The van der Waals surface area contributed by atoms with Crippen LogP contribution in [0, 0.1) is 10.1 Å². The summed E-state index contributed by atoms with van der Waals surface area (Å²) in [4.78, 5) is 12.6. The van der Waals surface area contributed by atoms with Crippen LogP contribution in [-0.4, -0.2) is 36.0 Å². The number of nitrogens with zero attached hydrogens (tertiary/aromatic N) is 2. The van der Waals surface area contributed by atoms with Crippen molar-refractivity contribution in [3.63, 3.8) is 0 Å². The third-order valence-corrected chi connectivity index (χ3v) is 3.87. The van der Waals surface area contributed by atoms with E-state index in [2.05, 4.69) is 29.2 Å². The smallest absolute Gasteiger partial charge is 0.269 e. The summed E-state index contributed by atoms with van der Waals surface area (Å²) in [7, 11) is 0. The molecular weight excluding hydrogens is 326 g/mol. The lowest BCUT2D eigenvalue weighted by Crippen LogP contribution is -2.33. The standard InChI is InChI=1S/C18H23N3O2.ClH/c19-12-15-20(13-10-16-4-2-1-3-5-16)14-11-17-6-8-18(9-7-17)21(22)23;/h1-9H,10-15,19H2;1H. The van der Waals surface area contributed by atoms with Crippen LogP contribution >= 0.6 is 12.4 Å². The van der Waals surface area contributed by atoms with Gasteiger partial charge >= 0.3 is 0 Å². The van der Waals surface area contributed by atoms with Gasteiger partial charge in [-0.2, -0.15) is 0 Å². The molecule has 0 saturated heterocycles. The molecule has 0 aliphatic rings. The van der Waals surface area contributed by atoms with E-state index in [1.165, 1.54) is 5.56 Å². The summed E-state index contributed by atoms with van der Waals surface area (Å²) < 4.78 is 0. The third-order valence-electron chi connectivity index (χ3n) is 3.87. The van der Waals surface area contributed by atoms with Crippen LogP contribution in [0.3, 0.4) is 0 Å². The van der Waals surface area contributed by atoms with Crippen molar-refractivity contribution in [1.29, 1.82) is 0 Å². The molecule has 0 aromatic heterocycles. The van der Waals surface area contributed by atoms with Crippen LogP contribution in [0.15, 0.2) is 54.6 Å². The van der Waals surface area contributed by atoms with Gasteiger partial charge in [0.05, 0.1) is 4.92 Å². The lowest BCUT2D eigenvalue weighted by molar-refractivity contribution is -0.384. The molecule has 0 radical (unpaired) electrons. The third kappa shape index (κ3) is 6.66. The molecular formula is C18H24ClN3O2. The first kappa shape index (κ1) is 20.1. The fraction of sp³-hybridized carbons (Fsp3) is 0.333. The van der Waals surface area contributed by atoms with Gasteiger partial charge in [0.1, 0.15) is 0 Å². The minimum Gasteiger partial charge on any atom is -0.329 e. The maximum Gasteiger partial charge on any atom is 0.269 e. The van der Waals surface area contributed by atoms with Crippen LogP contribution < -0.4 is 5.73 Å². The quantitative estimate of drug-likeness (QED) is 0.557. The monoisotopic (exact) mass is 349 g/mol. The molecule has 130 valence electrons. The van der Waals surface area contributed by atoms with Crippen LogP contribution in [0.2, 0.25) is 0 Å². The number of rotatable bonds is 9. The highest BCUT2D eigenvalue weighted by atomic mass is 35.5. The van der Waals surface area contributed by atoms with Crippen LogP contribution in [0.25, 0.3) is 0 Å². The number of benzene rings is 2. The summed E-state index contributed by atoms with van der Waals surface area (Å²) in [5.74, 6) is 0. The molecule has 2 rings (SSSR count). The Balaban J connectivity index is 0.00000288. The van der Waals surface area contributed by atoms with Crippen molar-refractivity contribution in [1.82, 2.24) is 4.90 Å². The van der Waals surface area contributed by atoms with Crippen molar-refractivity contribution in [2.24, 2.45) is 5.73 Å². The summed E-state index contributed by atoms with van der Waals surface area (Å²) in [6.45, 7) is 3.37. The highest BCUT2D eigenvalue weighted by Crippen LogP contribution is 2.12. The average molecular weight is 350 g/mol. The van der Waals surface area contributed by atoms with Crippen molar-refractivity contribution in [2.45, 2.75) is 12.8 Å². The molecule has 0 heterocycles. The maximum absolute atomic E-state index is 10.7. The largest absolute Gasteiger partial charge is 0.329 e. The number of hydrogen-bond donors (Lipinski definition) is 1. The first-order valence-electron chi connectivity index (χ1n) is 7.88. The lowest BCUT2D eigenvalue weighted by atomic mass is 10.1. The number of nitro groups is 1. The van der Waals surface area contributed by atoms with Gasteiger partial charge in [-0.25, -0.2) is 0 Å². The van der Waals surface area contributed by atoms with E-state index in [0.29, 0.717) is 6.54 Å². The maximum atomic E-state index is 10.7. The van der Waals surface area contributed by atoms with Crippen molar-refractivity contribution in [3.05, 3.63) is 75.8 Å². The fourth-order valence-electron chi connectivity index (χ4n) is 2.52.